The van der Waals surface area contributed by atoms with Crippen molar-refractivity contribution in [2.45, 2.75) is 25.0 Å². The summed E-state index contributed by atoms with van der Waals surface area (Å²) in [5.74, 6) is -0.0441. The third-order valence-corrected chi connectivity index (χ3v) is 4.07. The maximum absolute atomic E-state index is 12.6. The lowest BCUT2D eigenvalue weighted by Gasteiger charge is -2.41. The summed E-state index contributed by atoms with van der Waals surface area (Å²) >= 11 is 0. The van der Waals surface area contributed by atoms with E-state index in [1.54, 1.807) is 41.1 Å². The second-order valence-corrected chi connectivity index (χ2v) is 5.18. The Bertz CT molecular complexity index is 650. The summed E-state index contributed by atoms with van der Waals surface area (Å²) in [5, 5.41) is 4.19. The van der Waals surface area contributed by atoms with Gasteiger partial charge in [0.25, 0.3) is 5.91 Å². The van der Waals surface area contributed by atoms with Gasteiger partial charge < -0.3 is 15.4 Å². The molecule has 1 aliphatic carbocycles. The molecule has 2 N–H and O–H groups in total. The maximum Gasteiger partial charge on any atom is 0.257 e. The van der Waals surface area contributed by atoms with Crippen LogP contribution in [0.3, 0.4) is 0 Å². The number of carbonyl (C=O) groups excluding carboxylic acids is 1. The summed E-state index contributed by atoms with van der Waals surface area (Å²) in [5.41, 5.74) is 7.70. The number of nitrogens with zero attached hydrogens (tertiary/aromatic N) is 3. The zero-order valence-corrected chi connectivity index (χ0v) is 11.6. The Balaban J connectivity index is 1.90. The van der Waals surface area contributed by atoms with Crippen molar-refractivity contribution < 1.29 is 9.53 Å². The van der Waals surface area contributed by atoms with Crippen LogP contribution in [0.15, 0.2) is 24.5 Å². The second kappa shape index (κ2) is 4.79. The fraction of sp³-hybridized carbons (Fsp3) is 0.429. The van der Waals surface area contributed by atoms with Crippen molar-refractivity contribution in [1.29, 1.82) is 0 Å². The number of methoxy groups -OCH3 is 1. The van der Waals surface area contributed by atoms with Gasteiger partial charge in [0.05, 0.1) is 29.4 Å². The van der Waals surface area contributed by atoms with Crippen LogP contribution in [0, 0.1) is 0 Å². The molecule has 6 nitrogen and oxygen atoms in total. The number of ether oxygens (including phenoxy) is 1. The number of pyridine rings is 1. The van der Waals surface area contributed by atoms with Crippen LogP contribution in [-0.2, 0) is 4.74 Å². The van der Waals surface area contributed by atoms with Crippen LogP contribution in [0.25, 0.3) is 5.52 Å². The minimum atomic E-state index is -0.0441. The molecule has 1 fully saturated rings. The van der Waals surface area contributed by atoms with Crippen molar-refractivity contribution in [3.8, 4) is 0 Å². The van der Waals surface area contributed by atoms with Gasteiger partial charge in [-0.05, 0) is 25.0 Å². The lowest BCUT2D eigenvalue weighted by atomic mass is 9.87. The number of fused-ring (bicyclic) bond motifs is 1. The van der Waals surface area contributed by atoms with Gasteiger partial charge >= 0.3 is 0 Å². The molecule has 0 aromatic carbocycles. The van der Waals surface area contributed by atoms with Crippen molar-refractivity contribution in [3.05, 3.63) is 30.1 Å². The summed E-state index contributed by atoms with van der Waals surface area (Å²) in [4.78, 5) is 14.4. The van der Waals surface area contributed by atoms with E-state index in [1.807, 2.05) is 7.05 Å². The van der Waals surface area contributed by atoms with E-state index in [0.29, 0.717) is 11.3 Å². The molecule has 0 saturated heterocycles. The molecule has 1 aliphatic rings. The average molecular weight is 274 g/mol. The van der Waals surface area contributed by atoms with E-state index in [9.17, 15) is 4.79 Å². The molecule has 0 spiro atoms. The molecule has 3 rings (SSSR count). The van der Waals surface area contributed by atoms with Crippen LogP contribution < -0.4 is 5.73 Å². The van der Waals surface area contributed by atoms with Crippen molar-refractivity contribution in [2.24, 2.45) is 0 Å². The smallest absolute Gasteiger partial charge is 0.257 e. The SMILES string of the molecule is COC1CCC1N(C)C(=O)c1cnn2ccc(N)cc12. The molecule has 2 heterocycles. The first-order chi connectivity index (χ1) is 9.61. The number of rotatable bonds is 3. The zero-order chi connectivity index (χ0) is 14.3. The third kappa shape index (κ3) is 1.92. The third-order valence-electron chi connectivity index (χ3n) is 4.07. The molecule has 2 aromatic rings. The number of aromatic nitrogens is 2. The number of carbonyl (C=O) groups is 1. The summed E-state index contributed by atoms with van der Waals surface area (Å²) in [6.45, 7) is 0. The number of anilines is 1. The Hall–Kier alpha value is -2.08. The van der Waals surface area contributed by atoms with Gasteiger partial charge in [-0.1, -0.05) is 0 Å². The highest BCUT2D eigenvalue weighted by Crippen LogP contribution is 2.28. The number of hydrogen-bond donors (Lipinski definition) is 1. The van der Waals surface area contributed by atoms with E-state index < -0.39 is 0 Å². The number of amides is 1. The van der Waals surface area contributed by atoms with E-state index in [2.05, 4.69) is 5.10 Å². The number of nitrogen functional groups attached to an aromatic ring is 1. The fourth-order valence-electron chi connectivity index (χ4n) is 2.67. The normalized spacial score (nSPS) is 21.7. The highest BCUT2D eigenvalue weighted by molar-refractivity contribution is 6.01. The van der Waals surface area contributed by atoms with Gasteiger partial charge in [0.1, 0.15) is 0 Å². The van der Waals surface area contributed by atoms with E-state index in [4.69, 9.17) is 10.5 Å². The Morgan fingerprint density at radius 1 is 1.55 bits per heavy atom. The van der Waals surface area contributed by atoms with Crippen LogP contribution in [-0.4, -0.2) is 46.7 Å². The molecule has 1 saturated carbocycles. The zero-order valence-electron chi connectivity index (χ0n) is 11.6. The molecule has 106 valence electrons. The van der Waals surface area contributed by atoms with E-state index in [0.717, 1.165) is 18.4 Å². The standard InChI is InChI=1S/C14H18N4O2/c1-17(11-3-4-13(11)20-2)14(19)10-8-16-18-6-5-9(15)7-12(10)18/h5-8,11,13H,3-4,15H2,1-2H3. The first-order valence-electron chi connectivity index (χ1n) is 6.64. The van der Waals surface area contributed by atoms with Crippen molar-refractivity contribution in [1.82, 2.24) is 14.5 Å². The molecule has 2 unspecified atom stereocenters. The van der Waals surface area contributed by atoms with Gasteiger partial charge in [0.15, 0.2) is 0 Å². The summed E-state index contributed by atoms with van der Waals surface area (Å²) < 4.78 is 7.02. The van der Waals surface area contributed by atoms with Crippen molar-refractivity contribution in [2.75, 3.05) is 19.9 Å². The van der Waals surface area contributed by atoms with Crippen LogP contribution in [0.2, 0.25) is 0 Å². The lowest BCUT2D eigenvalue weighted by Crippen LogP contribution is -2.51. The fourth-order valence-corrected chi connectivity index (χ4v) is 2.67. The first kappa shape index (κ1) is 12.9. The second-order valence-electron chi connectivity index (χ2n) is 5.18. The monoisotopic (exact) mass is 274 g/mol. The van der Waals surface area contributed by atoms with Crippen LogP contribution in [0.4, 0.5) is 5.69 Å². The van der Waals surface area contributed by atoms with E-state index in [1.165, 1.54) is 0 Å². The van der Waals surface area contributed by atoms with Crippen LogP contribution in [0.1, 0.15) is 23.2 Å². The van der Waals surface area contributed by atoms with Gasteiger partial charge in [-0.2, -0.15) is 5.10 Å². The molecule has 2 aromatic heterocycles. The highest BCUT2D eigenvalue weighted by Gasteiger charge is 2.37. The van der Waals surface area contributed by atoms with Gasteiger partial charge in [-0.3, -0.25) is 4.79 Å². The molecule has 0 bridgehead atoms. The summed E-state index contributed by atoms with van der Waals surface area (Å²) in [6.07, 6.45) is 5.45. The molecule has 0 radical (unpaired) electrons. The predicted octanol–water partition coefficient (Wildman–Crippen LogP) is 1.17. The highest BCUT2D eigenvalue weighted by atomic mass is 16.5. The van der Waals surface area contributed by atoms with Gasteiger partial charge in [-0.15, -0.1) is 0 Å². The molecule has 6 heteroatoms. The largest absolute Gasteiger partial charge is 0.399 e. The Morgan fingerprint density at radius 3 is 3.00 bits per heavy atom. The number of likely N-dealkylation sites (N-methyl/N-ethyl adjacent to an activating group) is 1. The summed E-state index contributed by atoms with van der Waals surface area (Å²) in [7, 11) is 3.50. The Morgan fingerprint density at radius 2 is 2.35 bits per heavy atom. The van der Waals surface area contributed by atoms with Crippen molar-refractivity contribution >= 4 is 17.1 Å². The van der Waals surface area contributed by atoms with Gasteiger partial charge in [0.2, 0.25) is 0 Å². The molecular weight excluding hydrogens is 256 g/mol. The summed E-state index contributed by atoms with van der Waals surface area (Å²) in [6, 6.07) is 3.66. The maximum atomic E-state index is 12.6. The lowest BCUT2D eigenvalue weighted by molar-refractivity contribution is -0.0324. The Labute approximate surface area is 117 Å². The average Bonchev–Trinajstić information content (AvgIpc) is 2.80. The number of hydrogen-bond acceptors (Lipinski definition) is 4. The van der Waals surface area contributed by atoms with Crippen LogP contribution in [0.5, 0.6) is 0 Å². The molecular formula is C14H18N4O2. The van der Waals surface area contributed by atoms with Gasteiger partial charge in [0, 0.05) is 26.0 Å². The predicted molar refractivity (Wildman–Crippen MR) is 75.5 cm³/mol. The molecule has 1 amide bonds. The van der Waals surface area contributed by atoms with E-state index >= 15 is 0 Å². The Kier molecular flexibility index (Phi) is 3.10. The minimum Gasteiger partial charge on any atom is -0.399 e. The molecule has 20 heavy (non-hydrogen) atoms. The number of nitrogens with two attached hydrogens (primary N) is 1. The van der Waals surface area contributed by atoms with Crippen LogP contribution >= 0.6 is 0 Å². The van der Waals surface area contributed by atoms with Crippen molar-refractivity contribution in [3.63, 3.8) is 0 Å². The first-order valence-corrected chi connectivity index (χ1v) is 6.64. The topological polar surface area (TPSA) is 72.9 Å². The van der Waals surface area contributed by atoms with Gasteiger partial charge in [-0.25, -0.2) is 4.52 Å². The van der Waals surface area contributed by atoms with E-state index in [-0.39, 0.29) is 18.1 Å². The molecule has 0 aliphatic heterocycles. The molecule has 2 atom stereocenters. The minimum absolute atomic E-state index is 0.0441. The quantitative estimate of drug-likeness (QED) is 0.911.